The van der Waals surface area contributed by atoms with Gasteiger partial charge in [-0.25, -0.2) is 4.98 Å². The molecule has 0 radical (unpaired) electrons. The minimum Gasteiger partial charge on any atom is -0.358 e. The molecule has 0 saturated heterocycles. The van der Waals surface area contributed by atoms with Crippen LogP contribution in [0.25, 0.3) is 10.9 Å². The Bertz CT molecular complexity index is 806. The third-order valence-electron chi connectivity index (χ3n) is 3.13. The summed E-state index contributed by atoms with van der Waals surface area (Å²) in [5, 5.41) is 11.7. The summed E-state index contributed by atoms with van der Waals surface area (Å²) >= 11 is 0. The van der Waals surface area contributed by atoms with Crippen molar-refractivity contribution >= 4 is 22.5 Å². The summed E-state index contributed by atoms with van der Waals surface area (Å²) in [4.78, 5) is 25.8. The van der Waals surface area contributed by atoms with Gasteiger partial charge in [0.25, 0.3) is 0 Å². The molecule has 0 aliphatic rings. The Kier molecular flexibility index (Phi) is 2.80. The zero-order valence-electron chi connectivity index (χ0n) is 10.4. The Hall–Kier alpha value is -2.95. The van der Waals surface area contributed by atoms with Gasteiger partial charge in [0.1, 0.15) is 11.1 Å². The molecule has 0 spiro atoms. The van der Waals surface area contributed by atoms with E-state index in [1.807, 2.05) is 0 Å². The summed E-state index contributed by atoms with van der Waals surface area (Å²) in [6, 6.07) is 15.5. The highest BCUT2D eigenvalue weighted by molar-refractivity contribution is 6.19. The molecule has 0 bridgehead atoms. The van der Waals surface area contributed by atoms with Gasteiger partial charge in [-0.15, -0.1) is 0 Å². The van der Waals surface area contributed by atoms with Crippen molar-refractivity contribution in [3.8, 4) is 0 Å². The fourth-order valence-corrected chi connectivity index (χ4v) is 2.23. The zero-order chi connectivity index (χ0) is 14.1. The molecule has 20 heavy (non-hydrogen) atoms. The lowest BCUT2D eigenvalue weighted by atomic mass is 10.0. The van der Waals surface area contributed by atoms with Gasteiger partial charge in [-0.05, 0) is 17.1 Å². The molecule has 3 rings (SSSR count). The first-order valence-corrected chi connectivity index (χ1v) is 6.03. The number of hydrogen-bond acceptors (Lipinski definition) is 3. The number of aromatic amines is 1. The smallest absolute Gasteiger partial charge is 0.333 e. The molecule has 0 fully saturated rings. The largest absolute Gasteiger partial charge is 0.358 e. The van der Waals surface area contributed by atoms with E-state index in [-0.39, 0.29) is 17.2 Å². The number of aromatic nitrogens is 1. The topological polar surface area (TPSA) is 76.0 Å². The molecular formula is C15H10N2O3. The van der Waals surface area contributed by atoms with Gasteiger partial charge in [-0.2, -0.15) is 0 Å². The molecule has 1 heterocycles. The Morgan fingerprint density at radius 3 is 2.35 bits per heavy atom. The molecule has 5 nitrogen and oxygen atoms in total. The standard InChI is InChI=1S/C15H10N2O3/c18-14(10-6-2-1-3-7-10)13-11-8-4-5-9-12(11)16-15(13)17(19)20/h1-9,16H. The normalized spacial score (nSPS) is 10.6. The molecule has 1 aromatic heterocycles. The summed E-state index contributed by atoms with van der Waals surface area (Å²) in [5.74, 6) is -0.616. The summed E-state index contributed by atoms with van der Waals surface area (Å²) < 4.78 is 0. The van der Waals surface area contributed by atoms with Crippen molar-refractivity contribution in [1.29, 1.82) is 0 Å². The van der Waals surface area contributed by atoms with Crippen LogP contribution in [0.5, 0.6) is 0 Å². The number of carbonyl (C=O) groups is 1. The van der Waals surface area contributed by atoms with Crippen molar-refractivity contribution in [2.24, 2.45) is 0 Å². The molecule has 3 aromatic rings. The second-order valence-corrected chi connectivity index (χ2v) is 4.35. The third kappa shape index (κ3) is 1.85. The summed E-state index contributed by atoms with van der Waals surface area (Å²) in [5.41, 5.74) is 1.12. The highest BCUT2D eigenvalue weighted by Gasteiger charge is 2.26. The van der Waals surface area contributed by atoms with Crippen LogP contribution >= 0.6 is 0 Å². The van der Waals surface area contributed by atoms with Gasteiger partial charge >= 0.3 is 5.82 Å². The number of para-hydroxylation sites is 1. The SMILES string of the molecule is O=C(c1ccccc1)c1c([N+](=O)[O-])[nH]c2ccccc12. The second kappa shape index (κ2) is 4.62. The maximum absolute atomic E-state index is 12.5. The molecule has 0 aliphatic heterocycles. The molecule has 2 aromatic carbocycles. The summed E-state index contributed by atoms with van der Waals surface area (Å²) in [7, 11) is 0. The molecular weight excluding hydrogens is 256 g/mol. The van der Waals surface area contributed by atoms with E-state index in [1.165, 1.54) is 0 Å². The van der Waals surface area contributed by atoms with Crippen molar-refractivity contribution in [2.45, 2.75) is 0 Å². The number of nitro groups is 1. The minimum absolute atomic E-state index is 0.108. The summed E-state index contributed by atoms with van der Waals surface area (Å²) in [6.07, 6.45) is 0. The van der Waals surface area contributed by atoms with Crippen LogP contribution < -0.4 is 0 Å². The average molecular weight is 266 g/mol. The molecule has 5 heteroatoms. The lowest BCUT2D eigenvalue weighted by Gasteiger charge is -2.00. The zero-order valence-corrected chi connectivity index (χ0v) is 10.4. The lowest BCUT2D eigenvalue weighted by Crippen LogP contribution is -2.04. The second-order valence-electron chi connectivity index (χ2n) is 4.35. The number of fused-ring (bicyclic) bond motifs is 1. The van der Waals surface area contributed by atoms with Crippen LogP contribution in [0.4, 0.5) is 5.82 Å². The predicted octanol–water partition coefficient (Wildman–Crippen LogP) is 3.31. The van der Waals surface area contributed by atoms with Crippen molar-refractivity contribution in [3.05, 3.63) is 75.8 Å². The van der Waals surface area contributed by atoms with Crippen molar-refractivity contribution in [3.63, 3.8) is 0 Å². The van der Waals surface area contributed by atoms with Crippen LogP contribution in [-0.4, -0.2) is 15.7 Å². The van der Waals surface area contributed by atoms with E-state index in [4.69, 9.17) is 0 Å². The first kappa shape index (κ1) is 12.1. The fraction of sp³-hybridized carbons (Fsp3) is 0. The quantitative estimate of drug-likeness (QED) is 0.449. The molecule has 0 unspecified atom stereocenters. The number of nitrogens with zero attached hydrogens (tertiary/aromatic N) is 1. The molecule has 0 amide bonds. The van der Waals surface area contributed by atoms with Crippen LogP contribution in [0.1, 0.15) is 15.9 Å². The third-order valence-corrected chi connectivity index (χ3v) is 3.13. The number of carbonyl (C=O) groups excluding carboxylic acids is 1. The van der Waals surface area contributed by atoms with E-state index >= 15 is 0 Å². The first-order valence-electron chi connectivity index (χ1n) is 6.03. The van der Waals surface area contributed by atoms with E-state index in [0.29, 0.717) is 16.5 Å². The number of hydrogen-bond donors (Lipinski definition) is 1. The molecule has 98 valence electrons. The molecule has 0 aliphatic carbocycles. The average Bonchev–Trinajstić information content (AvgIpc) is 2.87. The Balaban J connectivity index is 2.27. The Morgan fingerprint density at radius 2 is 1.65 bits per heavy atom. The maximum atomic E-state index is 12.5. The predicted molar refractivity (Wildman–Crippen MR) is 74.8 cm³/mol. The van der Waals surface area contributed by atoms with Gasteiger partial charge < -0.3 is 10.1 Å². The van der Waals surface area contributed by atoms with Crippen molar-refractivity contribution in [1.82, 2.24) is 4.98 Å². The van der Waals surface area contributed by atoms with Gasteiger partial charge in [0.15, 0.2) is 0 Å². The molecule has 1 N–H and O–H groups in total. The van der Waals surface area contributed by atoms with Crippen LogP contribution in [0.15, 0.2) is 54.6 Å². The minimum atomic E-state index is -0.559. The number of H-pyrrole nitrogens is 1. The van der Waals surface area contributed by atoms with Crippen LogP contribution in [0, 0.1) is 10.1 Å². The van der Waals surface area contributed by atoms with Gasteiger partial charge in [0.2, 0.25) is 5.78 Å². The monoisotopic (exact) mass is 266 g/mol. The lowest BCUT2D eigenvalue weighted by molar-refractivity contribution is -0.389. The van der Waals surface area contributed by atoms with Crippen LogP contribution in [0.2, 0.25) is 0 Å². The van der Waals surface area contributed by atoms with Gasteiger partial charge in [-0.1, -0.05) is 42.5 Å². The Labute approximate surface area is 114 Å². The van der Waals surface area contributed by atoms with Crippen molar-refractivity contribution < 1.29 is 9.72 Å². The van der Waals surface area contributed by atoms with E-state index in [0.717, 1.165) is 0 Å². The summed E-state index contributed by atoms with van der Waals surface area (Å²) in [6.45, 7) is 0. The number of benzene rings is 2. The first-order chi connectivity index (χ1) is 9.68. The van der Waals surface area contributed by atoms with E-state index in [1.54, 1.807) is 54.6 Å². The highest BCUT2D eigenvalue weighted by atomic mass is 16.6. The van der Waals surface area contributed by atoms with Gasteiger partial charge in [-0.3, -0.25) is 4.79 Å². The number of nitrogens with one attached hydrogen (secondary N) is 1. The van der Waals surface area contributed by atoms with E-state index in [9.17, 15) is 14.9 Å². The van der Waals surface area contributed by atoms with Gasteiger partial charge in [0, 0.05) is 10.9 Å². The number of rotatable bonds is 3. The van der Waals surface area contributed by atoms with Crippen LogP contribution in [-0.2, 0) is 0 Å². The number of ketones is 1. The Morgan fingerprint density at radius 1 is 1.00 bits per heavy atom. The molecule has 0 atom stereocenters. The molecule has 0 saturated carbocycles. The van der Waals surface area contributed by atoms with Crippen molar-refractivity contribution in [2.75, 3.05) is 0 Å². The fourth-order valence-electron chi connectivity index (χ4n) is 2.23. The maximum Gasteiger partial charge on any atom is 0.333 e. The van der Waals surface area contributed by atoms with Gasteiger partial charge in [0.05, 0.1) is 0 Å². The highest BCUT2D eigenvalue weighted by Crippen LogP contribution is 2.29. The van der Waals surface area contributed by atoms with E-state index in [2.05, 4.69) is 4.98 Å². The van der Waals surface area contributed by atoms with E-state index < -0.39 is 4.92 Å². The van der Waals surface area contributed by atoms with Crippen LogP contribution in [0.3, 0.4) is 0 Å².